The van der Waals surface area contributed by atoms with Crippen LogP contribution < -0.4 is 5.56 Å². The number of nitrogens with zero attached hydrogens (tertiary/aromatic N) is 3. The molecule has 37 heavy (non-hydrogen) atoms. The Balaban J connectivity index is 1.69. The minimum Gasteiger partial charge on any atom is -0.328 e. The first-order valence-electron chi connectivity index (χ1n) is 13.6. The number of carbonyl (C=O) groups is 1. The third-order valence-electron chi connectivity index (χ3n) is 7.65. The van der Waals surface area contributed by atoms with Gasteiger partial charge in [0, 0.05) is 12.5 Å². The Labute approximate surface area is 218 Å². The van der Waals surface area contributed by atoms with Gasteiger partial charge >= 0.3 is 0 Å². The number of carbonyl (C=O) groups excluding carboxylic acids is 1. The molecule has 1 aromatic heterocycles. The minimum absolute atomic E-state index is 0.0298. The van der Waals surface area contributed by atoms with Crippen molar-refractivity contribution in [2.75, 3.05) is 0 Å². The van der Waals surface area contributed by atoms with E-state index in [0.29, 0.717) is 29.7 Å². The third-order valence-corrected chi connectivity index (χ3v) is 7.65. The molecular formula is C32H35N3O2. The minimum atomic E-state index is -0.337. The van der Waals surface area contributed by atoms with Crippen LogP contribution in [-0.4, -0.2) is 20.4 Å². The Bertz CT molecular complexity index is 1420. The molecule has 190 valence electrons. The predicted octanol–water partition coefficient (Wildman–Crippen LogP) is 6.62. The van der Waals surface area contributed by atoms with Gasteiger partial charge in [-0.2, -0.15) is 0 Å². The molecule has 5 rings (SSSR count). The summed E-state index contributed by atoms with van der Waals surface area (Å²) in [6.07, 6.45) is 5.62. The standard InChI is InChI=1S/C32H35N3O2/c1-3-23-18-20-26(21-19-23)35-30(33-28-17-11-10-16-27(28)32(35)37)29(4-2)34(22-24-12-6-5-7-13-24)31(36)25-14-8-9-15-25/h5-7,10-13,16-21,25,29H,3-4,8-9,14-15,22H2,1-2H3. The monoisotopic (exact) mass is 493 g/mol. The van der Waals surface area contributed by atoms with E-state index in [4.69, 9.17) is 4.98 Å². The lowest BCUT2D eigenvalue weighted by atomic mass is 10.0. The van der Waals surface area contributed by atoms with Crippen molar-refractivity contribution in [1.82, 2.24) is 14.5 Å². The molecule has 0 radical (unpaired) electrons. The second kappa shape index (κ2) is 11.1. The highest BCUT2D eigenvalue weighted by atomic mass is 16.2. The summed E-state index contributed by atoms with van der Waals surface area (Å²) in [5.41, 5.74) is 3.63. The summed E-state index contributed by atoms with van der Waals surface area (Å²) in [4.78, 5) is 35.0. The van der Waals surface area contributed by atoms with E-state index in [1.165, 1.54) is 5.56 Å². The lowest BCUT2D eigenvalue weighted by molar-refractivity contribution is -0.139. The fourth-order valence-electron chi connectivity index (χ4n) is 5.58. The van der Waals surface area contributed by atoms with Crippen LogP contribution in [0.25, 0.3) is 16.6 Å². The SMILES string of the molecule is CCc1ccc(-n2c(C(CC)N(Cc3ccccc3)C(=O)C3CCCC3)nc3ccccc3c2=O)cc1. The van der Waals surface area contributed by atoms with Gasteiger partial charge in [0.15, 0.2) is 0 Å². The van der Waals surface area contributed by atoms with Crippen molar-refractivity contribution in [3.05, 3.63) is 106 Å². The molecule has 3 aromatic carbocycles. The van der Waals surface area contributed by atoms with Crippen LogP contribution in [0.3, 0.4) is 0 Å². The Morgan fingerprint density at radius 2 is 1.59 bits per heavy atom. The van der Waals surface area contributed by atoms with Crippen molar-refractivity contribution >= 4 is 16.8 Å². The van der Waals surface area contributed by atoms with E-state index in [1.54, 1.807) is 4.57 Å². The molecule has 5 nitrogen and oxygen atoms in total. The molecule has 4 aromatic rings. The van der Waals surface area contributed by atoms with E-state index in [1.807, 2.05) is 59.5 Å². The quantitative estimate of drug-likeness (QED) is 0.277. The third kappa shape index (κ3) is 5.08. The average Bonchev–Trinajstić information content (AvgIpc) is 3.49. The van der Waals surface area contributed by atoms with Crippen LogP contribution in [0.5, 0.6) is 0 Å². The van der Waals surface area contributed by atoms with E-state index in [0.717, 1.165) is 43.4 Å². The zero-order valence-corrected chi connectivity index (χ0v) is 21.8. The second-order valence-corrected chi connectivity index (χ2v) is 10.0. The van der Waals surface area contributed by atoms with E-state index >= 15 is 0 Å². The summed E-state index contributed by atoms with van der Waals surface area (Å²) < 4.78 is 1.73. The first-order chi connectivity index (χ1) is 18.1. The maximum Gasteiger partial charge on any atom is 0.266 e. The molecule has 0 N–H and O–H groups in total. The Kier molecular flexibility index (Phi) is 7.50. The molecule has 0 saturated heterocycles. The first-order valence-corrected chi connectivity index (χ1v) is 13.6. The Hall–Kier alpha value is -3.73. The van der Waals surface area contributed by atoms with Gasteiger partial charge in [-0.05, 0) is 61.1 Å². The molecule has 1 heterocycles. The van der Waals surface area contributed by atoms with E-state index < -0.39 is 0 Å². The van der Waals surface area contributed by atoms with Gasteiger partial charge in [-0.25, -0.2) is 4.98 Å². The number of hydrogen-bond donors (Lipinski definition) is 0. The number of amides is 1. The van der Waals surface area contributed by atoms with Crippen molar-refractivity contribution in [3.63, 3.8) is 0 Å². The molecular weight excluding hydrogens is 458 g/mol. The van der Waals surface area contributed by atoms with Crippen molar-refractivity contribution in [1.29, 1.82) is 0 Å². The van der Waals surface area contributed by atoms with Gasteiger partial charge in [-0.15, -0.1) is 0 Å². The van der Waals surface area contributed by atoms with Crippen molar-refractivity contribution in [3.8, 4) is 5.69 Å². The molecule has 1 aliphatic carbocycles. The first kappa shape index (κ1) is 24.9. The van der Waals surface area contributed by atoms with Gasteiger partial charge in [0.25, 0.3) is 5.56 Å². The maximum absolute atomic E-state index is 14.0. The molecule has 0 bridgehead atoms. The highest BCUT2D eigenvalue weighted by Crippen LogP contribution is 2.33. The molecule has 1 unspecified atom stereocenters. The highest BCUT2D eigenvalue weighted by molar-refractivity contribution is 5.80. The summed E-state index contributed by atoms with van der Waals surface area (Å²) in [5, 5.41) is 0.581. The largest absolute Gasteiger partial charge is 0.328 e. The summed E-state index contributed by atoms with van der Waals surface area (Å²) in [6, 6.07) is 25.4. The Morgan fingerprint density at radius 1 is 0.919 bits per heavy atom. The van der Waals surface area contributed by atoms with Gasteiger partial charge in [-0.3, -0.25) is 14.2 Å². The van der Waals surface area contributed by atoms with Gasteiger partial charge in [0.1, 0.15) is 5.82 Å². The summed E-state index contributed by atoms with van der Waals surface area (Å²) >= 11 is 0. The van der Waals surface area contributed by atoms with E-state index in [-0.39, 0.29) is 23.4 Å². The fraction of sp³-hybridized carbons (Fsp3) is 0.344. The van der Waals surface area contributed by atoms with E-state index in [2.05, 4.69) is 38.1 Å². The van der Waals surface area contributed by atoms with Crippen molar-refractivity contribution in [2.24, 2.45) is 5.92 Å². The summed E-state index contributed by atoms with van der Waals surface area (Å²) in [7, 11) is 0. The van der Waals surface area contributed by atoms with Gasteiger partial charge in [0.2, 0.25) is 5.91 Å². The Morgan fingerprint density at radius 3 is 2.27 bits per heavy atom. The normalized spacial score (nSPS) is 14.6. The predicted molar refractivity (Wildman–Crippen MR) is 149 cm³/mol. The highest BCUT2D eigenvalue weighted by Gasteiger charge is 2.34. The molecule has 1 atom stereocenters. The molecule has 0 aliphatic heterocycles. The maximum atomic E-state index is 14.0. The fourth-order valence-corrected chi connectivity index (χ4v) is 5.58. The zero-order chi connectivity index (χ0) is 25.8. The van der Waals surface area contributed by atoms with Crippen LogP contribution in [-0.2, 0) is 17.8 Å². The summed E-state index contributed by atoms with van der Waals surface area (Å²) in [5.74, 6) is 0.823. The molecule has 1 saturated carbocycles. The number of hydrogen-bond acceptors (Lipinski definition) is 3. The number of aryl methyl sites for hydroxylation is 1. The lowest BCUT2D eigenvalue weighted by Crippen LogP contribution is -2.40. The number of para-hydroxylation sites is 1. The summed E-state index contributed by atoms with van der Waals surface area (Å²) in [6.45, 7) is 4.69. The molecule has 1 fully saturated rings. The second-order valence-electron chi connectivity index (χ2n) is 10.0. The molecule has 5 heteroatoms. The molecule has 0 spiro atoms. The number of rotatable bonds is 8. The van der Waals surface area contributed by atoms with Crippen LogP contribution in [0.4, 0.5) is 0 Å². The van der Waals surface area contributed by atoms with Gasteiger partial charge in [-0.1, -0.05) is 81.3 Å². The van der Waals surface area contributed by atoms with Crippen LogP contribution in [0, 0.1) is 5.92 Å². The van der Waals surface area contributed by atoms with Gasteiger partial charge in [0.05, 0.1) is 22.6 Å². The van der Waals surface area contributed by atoms with Crippen LogP contribution >= 0.6 is 0 Å². The van der Waals surface area contributed by atoms with Crippen LogP contribution in [0.2, 0.25) is 0 Å². The molecule has 1 aliphatic rings. The van der Waals surface area contributed by atoms with E-state index in [9.17, 15) is 9.59 Å². The van der Waals surface area contributed by atoms with Crippen LogP contribution in [0.15, 0.2) is 83.7 Å². The topological polar surface area (TPSA) is 55.2 Å². The van der Waals surface area contributed by atoms with Crippen LogP contribution in [0.1, 0.15) is 68.9 Å². The number of fused-ring (bicyclic) bond motifs is 1. The zero-order valence-electron chi connectivity index (χ0n) is 21.8. The average molecular weight is 494 g/mol. The van der Waals surface area contributed by atoms with Crippen molar-refractivity contribution in [2.45, 2.75) is 65.0 Å². The number of aromatic nitrogens is 2. The molecule has 1 amide bonds. The lowest BCUT2D eigenvalue weighted by Gasteiger charge is -2.34. The number of benzene rings is 3. The van der Waals surface area contributed by atoms with Gasteiger partial charge < -0.3 is 4.90 Å². The van der Waals surface area contributed by atoms with Crippen molar-refractivity contribution < 1.29 is 4.79 Å². The smallest absolute Gasteiger partial charge is 0.266 e.